The molecule has 0 bridgehead atoms. The largest absolute Gasteiger partial charge is 0.368 e. The highest BCUT2D eigenvalue weighted by Gasteiger charge is 2.31. The average molecular weight is 178 g/mol. The molecule has 1 saturated carbocycles. The first kappa shape index (κ1) is 8.44. The maximum absolute atomic E-state index is 6.04. The van der Waals surface area contributed by atoms with Gasteiger partial charge in [-0.05, 0) is 25.3 Å². The maximum atomic E-state index is 6.04. The second-order valence-electron chi connectivity index (χ2n) is 3.66. The molecule has 1 fully saturated rings. The maximum Gasteiger partial charge on any atom is 0.129 e. The molecular weight excluding hydrogens is 164 g/mol. The van der Waals surface area contributed by atoms with Gasteiger partial charge in [0.15, 0.2) is 0 Å². The van der Waals surface area contributed by atoms with Crippen LogP contribution in [-0.4, -0.2) is 22.1 Å². The second kappa shape index (κ2) is 3.30. The molecule has 3 N–H and O–H groups in total. The van der Waals surface area contributed by atoms with Crippen LogP contribution in [0.1, 0.15) is 19.3 Å². The van der Waals surface area contributed by atoms with Crippen molar-refractivity contribution in [2.24, 2.45) is 5.73 Å². The number of nitrogens with two attached hydrogens (primary N) is 1. The third-order valence-corrected chi connectivity index (χ3v) is 2.55. The highest BCUT2D eigenvalue weighted by molar-refractivity contribution is 5.32. The Labute approximate surface area is 77.6 Å². The minimum atomic E-state index is 0.00491. The Bertz CT molecular complexity index is 268. The van der Waals surface area contributed by atoms with Crippen molar-refractivity contribution >= 4 is 5.82 Å². The molecule has 0 unspecified atom stereocenters. The van der Waals surface area contributed by atoms with E-state index >= 15 is 0 Å². The van der Waals surface area contributed by atoms with E-state index in [1.807, 2.05) is 6.07 Å². The Balaban J connectivity index is 1.86. The van der Waals surface area contributed by atoms with Gasteiger partial charge < -0.3 is 11.1 Å². The zero-order chi connectivity index (χ0) is 9.15. The molecule has 0 spiro atoms. The molecule has 13 heavy (non-hydrogen) atoms. The zero-order valence-electron chi connectivity index (χ0n) is 7.53. The number of hydrogen-bond acceptors (Lipinski definition) is 4. The Morgan fingerprint density at radius 3 is 2.92 bits per heavy atom. The van der Waals surface area contributed by atoms with Crippen molar-refractivity contribution in [1.82, 2.24) is 9.97 Å². The first-order valence-electron chi connectivity index (χ1n) is 4.57. The Morgan fingerprint density at radius 2 is 2.38 bits per heavy atom. The molecule has 0 saturated heterocycles. The molecule has 0 amide bonds. The van der Waals surface area contributed by atoms with Gasteiger partial charge in [0.05, 0.1) is 0 Å². The van der Waals surface area contributed by atoms with E-state index < -0.39 is 0 Å². The van der Waals surface area contributed by atoms with E-state index in [1.165, 1.54) is 12.7 Å². The van der Waals surface area contributed by atoms with Crippen LogP contribution in [0.25, 0.3) is 0 Å². The molecule has 1 aromatic rings. The average Bonchev–Trinajstić information content (AvgIpc) is 2.13. The molecule has 1 aliphatic rings. The number of rotatable bonds is 3. The number of nitrogens with one attached hydrogen (secondary N) is 1. The van der Waals surface area contributed by atoms with Gasteiger partial charge in [-0.25, -0.2) is 9.97 Å². The predicted octanol–water partition coefficient (Wildman–Crippen LogP) is 0.770. The first-order valence-corrected chi connectivity index (χ1v) is 4.57. The van der Waals surface area contributed by atoms with E-state index in [1.54, 1.807) is 6.20 Å². The van der Waals surface area contributed by atoms with Gasteiger partial charge in [-0.1, -0.05) is 0 Å². The Morgan fingerprint density at radius 1 is 1.54 bits per heavy atom. The lowest BCUT2D eigenvalue weighted by atomic mass is 9.78. The van der Waals surface area contributed by atoms with Crippen molar-refractivity contribution in [2.75, 3.05) is 11.9 Å². The molecule has 1 aliphatic carbocycles. The van der Waals surface area contributed by atoms with Crippen LogP contribution >= 0.6 is 0 Å². The summed E-state index contributed by atoms with van der Waals surface area (Å²) in [4.78, 5) is 7.90. The lowest BCUT2D eigenvalue weighted by Gasteiger charge is -2.38. The van der Waals surface area contributed by atoms with Crippen LogP contribution in [0.2, 0.25) is 0 Å². The van der Waals surface area contributed by atoms with Crippen molar-refractivity contribution in [2.45, 2.75) is 24.8 Å². The number of anilines is 1. The smallest absolute Gasteiger partial charge is 0.129 e. The van der Waals surface area contributed by atoms with Gasteiger partial charge in [-0.2, -0.15) is 0 Å². The highest BCUT2D eigenvalue weighted by Crippen LogP contribution is 2.28. The molecule has 2 rings (SSSR count). The third-order valence-electron chi connectivity index (χ3n) is 2.55. The van der Waals surface area contributed by atoms with Crippen LogP contribution in [0.3, 0.4) is 0 Å². The second-order valence-corrected chi connectivity index (χ2v) is 3.66. The molecule has 0 atom stereocenters. The number of nitrogens with zero attached hydrogens (tertiary/aromatic N) is 2. The summed E-state index contributed by atoms with van der Waals surface area (Å²) in [5, 5.41) is 3.21. The molecular formula is C9H14N4. The van der Waals surface area contributed by atoms with Crippen LogP contribution in [0.15, 0.2) is 18.6 Å². The summed E-state index contributed by atoms with van der Waals surface area (Å²) in [5.41, 5.74) is 6.05. The van der Waals surface area contributed by atoms with Crippen molar-refractivity contribution in [3.63, 3.8) is 0 Å². The molecule has 1 aromatic heterocycles. The van der Waals surface area contributed by atoms with Gasteiger partial charge in [-0.3, -0.25) is 0 Å². The van der Waals surface area contributed by atoms with Crippen LogP contribution in [0.5, 0.6) is 0 Å². The minimum Gasteiger partial charge on any atom is -0.368 e. The third kappa shape index (κ3) is 1.95. The standard InChI is InChI=1S/C9H14N4/c10-9(3-1-4-9)6-12-8-2-5-11-7-13-8/h2,5,7H,1,3-4,6,10H2,(H,11,12,13). The quantitative estimate of drug-likeness (QED) is 0.717. The fourth-order valence-electron chi connectivity index (χ4n) is 1.47. The van der Waals surface area contributed by atoms with Crippen LogP contribution < -0.4 is 11.1 Å². The van der Waals surface area contributed by atoms with Crippen LogP contribution in [0.4, 0.5) is 5.82 Å². The Kier molecular flexibility index (Phi) is 2.14. The summed E-state index contributed by atoms with van der Waals surface area (Å²) >= 11 is 0. The van der Waals surface area contributed by atoms with Gasteiger partial charge in [0.2, 0.25) is 0 Å². The molecule has 70 valence electrons. The minimum absolute atomic E-state index is 0.00491. The predicted molar refractivity (Wildman–Crippen MR) is 51.3 cm³/mol. The van der Waals surface area contributed by atoms with Crippen molar-refractivity contribution in [1.29, 1.82) is 0 Å². The number of hydrogen-bond donors (Lipinski definition) is 2. The summed E-state index contributed by atoms with van der Waals surface area (Å²) in [6.07, 6.45) is 6.74. The molecule has 0 radical (unpaired) electrons. The fourth-order valence-corrected chi connectivity index (χ4v) is 1.47. The van der Waals surface area contributed by atoms with Gasteiger partial charge >= 0.3 is 0 Å². The van der Waals surface area contributed by atoms with Crippen molar-refractivity contribution in [3.8, 4) is 0 Å². The summed E-state index contributed by atoms with van der Waals surface area (Å²) in [5.74, 6) is 0.853. The normalized spacial score (nSPS) is 19.2. The van der Waals surface area contributed by atoms with Crippen molar-refractivity contribution in [3.05, 3.63) is 18.6 Å². The lowest BCUT2D eigenvalue weighted by Crippen LogP contribution is -2.52. The SMILES string of the molecule is NC1(CNc2ccncn2)CCC1. The summed E-state index contributed by atoms with van der Waals surface area (Å²) < 4.78 is 0. The topological polar surface area (TPSA) is 63.8 Å². The van der Waals surface area contributed by atoms with Gasteiger partial charge in [0.25, 0.3) is 0 Å². The van der Waals surface area contributed by atoms with Crippen LogP contribution in [-0.2, 0) is 0 Å². The molecule has 4 nitrogen and oxygen atoms in total. The lowest BCUT2D eigenvalue weighted by molar-refractivity contribution is 0.265. The summed E-state index contributed by atoms with van der Waals surface area (Å²) in [6, 6.07) is 1.85. The molecule has 1 heterocycles. The molecule has 0 aliphatic heterocycles. The van der Waals surface area contributed by atoms with Crippen LogP contribution in [0, 0.1) is 0 Å². The Hall–Kier alpha value is -1.16. The van der Waals surface area contributed by atoms with E-state index in [-0.39, 0.29) is 5.54 Å². The number of aromatic nitrogens is 2. The van der Waals surface area contributed by atoms with E-state index in [0.29, 0.717) is 0 Å². The van der Waals surface area contributed by atoms with E-state index in [9.17, 15) is 0 Å². The van der Waals surface area contributed by atoms with Crippen molar-refractivity contribution < 1.29 is 0 Å². The van der Waals surface area contributed by atoms with Gasteiger partial charge in [0, 0.05) is 18.3 Å². The first-order chi connectivity index (χ1) is 6.29. The molecule has 4 heteroatoms. The summed E-state index contributed by atoms with van der Waals surface area (Å²) in [6.45, 7) is 0.810. The zero-order valence-corrected chi connectivity index (χ0v) is 7.53. The monoisotopic (exact) mass is 178 g/mol. The van der Waals surface area contributed by atoms with Gasteiger partial charge in [-0.15, -0.1) is 0 Å². The summed E-state index contributed by atoms with van der Waals surface area (Å²) in [7, 11) is 0. The van der Waals surface area contributed by atoms with E-state index in [4.69, 9.17) is 5.73 Å². The highest BCUT2D eigenvalue weighted by atomic mass is 15.0. The van der Waals surface area contributed by atoms with E-state index in [0.717, 1.165) is 25.2 Å². The molecule has 0 aromatic carbocycles. The van der Waals surface area contributed by atoms with E-state index in [2.05, 4.69) is 15.3 Å². The fraction of sp³-hybridized carbons (Fsp3) is 0.556. The van der Waals surface area contributed by atoms with Gasteiger partial charge in [0.1, 0.15) is 12.1 Å².